The lowest BCUT2D eigenvalue weighted by molar-refractivity contribution is -0.135. The Kier molecular flexibility index (Phi) is 5.12. The minimum Gasteiger partial charge on any atom is -0.353 e. The molecule has 3 fully saturated rings. The number of aliphatic imine (C=N–C) groups is 1. The van der Waals surface area contributed by atoms with Gasteiger partial charge in [0.15, 0.2) is 15.8 Å². The van der Waals surface area contributed by atoms with Crippen LogP contribution in [0.2, 0.25) is 0 Å². The molecule has 7 nitrogen and oxygen atoms in total. The smallest absolute Gasteiger partial charge is 0.242 e. The van der Waals surface area contributed by atoms with Gasteiger partial charge in [0.1, 0.15) is 0 Å². The Morgan fingerprint density at radius 1 is 1.33 bits per heavy atom. The average Bonchev–Trinajstić information content (AvgIpc) is 3.31. The zero-order chi connectivity index (χ0) is 17.2. The van der Waals surface area contributed by atoms with Crippen molar-refractivity contribution in [3.05, 3.63) is 12.7 Å². The van der Waals surface area contributed by atoms with Crippen LogP contribution in [0.1, 0.15) is 19.3 Å². The molecule has 1 atom stereocenters. The molecular formula is C16H26N4O3S. The molecule has 1 N–H and O–H groups in total. The van der Waals surface area contributed by atoms with Gasteiger partial charge in [-0.05, 0) is 25.2 Å². The van der Waals surface area contributed by atoms with Gasteiger partial charge in [0.05, 0.1) is 18.1 Å². The SMILES string of the molecule is C=CCNC(=NCC1CCS(=O)(=O)C1)N1CCN(C2CC2)C(=O)C1. The Bertz CT molecular complexity index is 627. The Morgan fingerprint density at radius 3 is 2.71 bits per heavy atom. The molecule has 24 heavy (non-hydrogen) atoms. The second kappa shape index (κ2) is 7.13. The zero-order valence-electron chi connectivity index (χ0n) is 14.0. The normalized spacial score (nSPS) is 27.4. The Hall–Kier alpha value is -1.57. The van der Waals surface area contributed by atoms with Gasteiger partial charge in [0, 0.05) is 32.2 Å². The van der Waals surface area contributed by atoms with Gasteiger partial charge in [-0.2, -0.15) is 0 Å². The van der Waals surface area contributed by atoms with Crippen molar-refractivity contribution in [2.45, 2.75) is 25.3 Å². The number of carbonyl (C=O) groups is 1. The monoisotopic (exact) mass is 354 g/mol. The maximum atomic E-state index is 12.3. The lowest BCUT2D eigenvalue weighted by Crippen LogP contribution is -2.55. The third kappa shape index (κ3) is 4.28. The molecule has 2 saturated heterocycles. The molecule has 2 aliphatic heterocycles. The van der Waals surface area contributed by atoms with Crippen molar-refractivity contribution in [1.82, 2.24) is 15.1 Å². The number of sulfone groups is 1. The maximum absolute atomic E-state index is 12.3. The number of amides is 1. The molecule has 134 valence electrons. The summed E-state index contributed by atoms with van der Waals surface area (Å²) in [6.07, 6.45) is 4.67. The topological polar surface area (TPSA) is 82.1 Å². The van der Waals surface area contributed by atoms with Crippen molar-refractivity contribution in [2.24, 2.45) is 10.9 Å². The molecule has 0 spiro atoms. The number of nitrogens with one attached hydrogen (secondary N) is 1. The standard InChI is InChI=1S/C16H26N4O3S/c1-2-6-17-16(18-10-13-5-9-24(22,23)12-13)19-7-8-20(14-3-4-14)15(21)11-19/h2,13-14H,1,3-12H2,(H,17,18). The van der Waals surface area contributed by atoms with Crippen LogP contribution in [0.5, 0.6) is 0 Å². The van der Waals surface area contributed by atoms with Gasteiger partial charge in [-0.15, -0.1) is 6.58 Å². The van der Waals surface area contributed by atoms with Gasteiger partial charge in [0.25, 0.3) is 0 Å². The van der Waals surface area contributed by atoms with E-state index >= 15 is 0 Å². The molecule has 0 aromatic rings. The van der Waals surface area contributed by atoms with Gasteiger partial charge in [-0.1, -0.05) is 6.08 Å². The largest absolute Gasteiger partial charge is 0.353 e. The molecule has 1 aliphatic carbocycles. The summed E-state index contributed by atoms with van der Waals surface area (Å²) < 4.78 is 23.1. The third-order valence-corrected chi connectivity index (χ3v) is 6.61. The highest BCUT2D eigenvalue weighted by Crippen LogP contribution is 2.28. The number of nitrogens with zero attached hydrogens (tertiary/aromatic N) is 3. The van der Waals surface area contributed by atoms with E-state index in [-0.39, 0.29) is 23.3 Å². The van der Waals surface area contributed by atoms with Crippen LogP contribution in [0.3, 0.4) is 0 Å². The van der Waals surface area contributed by atoms with Crippen molar-refractivity contribution >= 4 is 21.7 Å². The number of piperazine rings is 1. The van der Waals surface area contributed by atoms with E-state index < -0.39 is 9.84 Å². The molecule has 0 aromatic carbocycles. The first-order valence-corrected chi connectivity index (χ1v) is 10.4. The van der Waals surface area contributed by atoms with Crippen molar-refractivity contribution in [3.8, 4) is 0 Å². The summed E-state index contributed by atoms with van der Waals surface area (Å²) in [4.78, 5) is 20.9. The molecule has 2 heterocycles. The Morgan fingerprint density at radius 2 is 2.12 bits per heavy atom. The summed E-state index contributed by atoms with van der Waals surface area (Å²) in [5.74, 6) is 1.41. The van der Waals surface area contributed by atoms with Crippen LogP contribution in [-0.2, 0) is 14.6 Å². The highest BCUT2D eigenvalue weighted by Gasteiger charge is 2.36. The lowest BCUT2D eigenvalue weighted by atomic mass is 10.1. The molecule has 1 saturated carbocycles. The maximum Gasteiger partial charge on any atom is 0.242 e. The van der Waals surface area contributed by atoms with Crippen LogP contribution in [-0.4, -0.2) is 80.4 Å². The van der Waals surface area contributed by atoms with E-state index in [1.807, 2.05) is 9.80 Å². The summed E-state index contributed by atoms with van der Waals surface area (Å²) in [5, 5.41) is 3.20. The van der Waals surface area contributed by atoms with E-state index in [0.717, 1.165) is 25.9 Å². The van der Waals surface area contributed by atoms with Gasteiger partial charge in [-0.3, -0.25) is 9.79 Å². The van der Waals surface area contributed by atoms with E-state index in [1.165, 1.54) is 0 Å². The average molecular weight is 354 g/mol. The molecule has 0 radical (unpaired) electrons. The number of guanidine groups is 1. The minimum absolute atomic E-state index is 0.0824. The fourth-order valence-corrected chi connectivity index (χ4v) is 5.15. The summed E-state index contributed by atoms with van der Waals surface area (Å²) in [6.45, 7) is 6.58. The molecule has 1 amide bonds. The van der Waals surface area contributed by atoms with E-state index in [9.17, 15) is 13.2 Å². The van der Waals surface area contributed by atoms with Gasteiger partial charge >= 0.3 is 0 Å². The number of rotatable bonds is 5. The molecule has 3 rings (SSSR count). The van der Waals surface area contributed by atoms with Crippen molar-refractivity contribution < 1.29 is 13.2 Å². The zero-order valence-corrected chi connectivity index (χ0v) is 14.8. The van der Waals surface area contributed by atoms with Crippen molar-refractivity contribution in [2.75, 3.05) is 44.2 Å². The van der Waals surface area contributed by atoms with Gasteiger partial charge in [-0.25, -0.2) is 8.42 Å². The predicted molar refractivity (Wildman–Crippen MR) is 93.6 cm³/mol. The molecular weight excluding hydrogens is 328 g/mol. The molecule has 0 aromatic heterocycles. The van der Waals surface area contributed by atoms with Gasteiger partial charge < -0.3 is 15.1 Å². The molecule has 3 aliphatic rings. The van der Waals surface area contributed by atoms with Crippen LogP contribution in [0.15, 0.2) is 17.6 Å². The quantitative estimate of drug-likeness (QED) is 0.422. The highest BCUT2D eigenvalue weighted by atomic mass is 32.2. The van der Waals surface area contributed by atoms with Crippen molar-refractivity contribution in [3.63, 3.8) is 0 Å². The number of carbonyl (C=O) groups excluding carboxylic acids is 1. The lowest BCUT2D eigenvalue weighted by Gasteiger charge is -2.36. The first kappa shape index (κ1) is 17.3. The van der Waals surface area contributed by atoms with E-state index in [2.05, 4.69) is 16.9 Å². The minimum atomic E-state index is -2.88. The second-order valence-corrected chi connectivity index (χ2v) is 9.07. The van der Waals surface area contributed by atoms with Gasteiger partial charge in [0.2, 0.25) is 5.91 Å². The van der Waals surface area contributed by atoms with Crippen LogP contribution in [0, 0.1) is 5.92 Å². The number of hydrogen-bond donors (Lipinski definition) is 1. The highest BCUT2D eigenvalue weighted by molar-refractivity contribution is 7.91. The summed E-state index contributed by atoms with van der Waals surface area (Å²) in [6, 6.07) is 0.449. The predicted octanol–water partition coefficient (Wildman–Crippen LogP) is -0.141. The van der Waals surface area contributed by atoms with Crippen LogP contribution in [0.25, 0.3) is 0 Å². The summed E-state index contributed by atoms with van der Waals surface area (Å²) in [7, 11) is -2.88. The summed E-state index contributed by atoms with van der Waals surface area (Å²) in [5.41, 5.74) is 0. The van der Waals surface area contributed by atoms with Crippen molar-refractivity contribution in [1.29, 1.82) is 0 Å². The van der Waals surface area contributed by atoms with Crippen LogP contribution in [0.4, 0.5) is 0 Å². The fraction of sp³-hybridized carbons (Fsp3) is 0.750. The Balaban J connectivity index is 1.61. The van der Waals surface area contributed by atoms with E-state index in [0.29, 0.717) is 38.1 Å². The van der Waals surface area contributed by atoms with E-state index in [4.69, 9.17) is 0 Å². The second-order valence-electron chi connectivity index (χ2n) is 6.84. The first-order valence-electron chi connectivity index (χ1n) is 8.62. The first-order chi connectivity index (χ1) is 11.5. The number of hydrogen-bond acceptors (Lipinski definition) is 4. The summed E-state index contributed by atoms with van der Waals surface area (Å²) >= 11 is 0. The fourth-order valence-electron chi connectivity index (χ4n) is 3.30. The Labute approximate surface area is 143 Å². The molecule has 1 unspecified atom stereocenters. The third-order valence-electron chi connectivity index (χ3n) is 4.77. The van der Waals surface area contributed by atoms with Crippen LogP contribution >= 0.6 is 0 Å². The van der Waals surface area contributed by atoms with E-state index in [1.54, 1.807) is 6.08 Å². The van der Waals surface area contributed by atoms with Crippen LogP contribution < -0.4 is 5.32 Å². The molecule has 8 heteroatoms. The molecule has 0 bridgehead atoms.